The van der Waals surface area contributed by atoms with Gasteiger partial charge in [0.15, 0.2) is 0 Å². The highest BCUT2D eigenvalue weighted by atomic mass is 32.2. The third-order valence-corrected chi connectivity index (χ3v) is 3.43. The summed E-state index contributed by atoms with van der Waals surface area (Å²) >= 11 is 0. The van der Waals surface area contributed by atoms with Crippen LogP contribution in [0.2, 0.25) is 0 Å². The third-order valence-electron chi connectivity index (χ3n) is 2.16. The SMILES string of the molecule is NC(N)=NS(=O)(=O)C[C@H](N)C(=O)OCc1ccccc1. The molecule has 0 aliphatic carbocycles. The number of sulfonamides is 1. The van der Waals surface area contributed by atoms with Gasteiger partial charge in [0.25, 0.3) is 10.0 Å². The van der Waals surface area contributed by atoms with Crippen LogP contribution in [0.3, 0.4) is 0 Å². The van der Waals surface area contributed by atoms with Crippen molar-refractivity contribution in [1.82, 2.24) is 0 Å². The molecule has 0 aliphatic heterocycles. The van der Waals surface area contributed by atoms with Gasteiger partial charge in [-0.15, -0.1) is 4.40 Å². The van der Waals surface area contributed by atoms with Crippen molar-refractivity contribution in [2.24, 2.45) is 21.6 Å². The van der Waals surface area contributed by atoms with E-state index in [4.69, 9.17) is 21.9 Å². The molecule has 1 rings (SSSR count). The van der Waals surface area contributed by atoms with Crippen LogP contribution in [0.1, 0.15) is 5.56 Å². The fraction of sp³-hybridized carbons (Fsp3) is 0.273. The van der Waals surface area contributed by atoms with Crippen molar-refractivity contribution < 1.29 is 17.9 Å². The number of esters is 1. The Hall–Kier alpha value is -2.13. The summed E-state index contributed by atoms with van der Waals surface area (Å²) in [5.41, 5.74) is 16.1. The molecule has 0 unspecified atom stereocenters. The maximum atomic E-state index is 11.6. The van der Waals surface area contributed by atoms with Gasteiger partial charge in [-0.1, -0.05) is 30.3 Å². The van der Waals surface area contributed by atoms with Gasteiger partial charge < -0.3 is 21.9 Å². The van der Waals surface area contributed by atoms with Crippen LogP contribution >= 0.6 is 0 Å². The summed E-state index contributed by atoms with van der Waals surface area (Å²) in [5.74, 6) is -2.18. The van der Waals surface area contributed by atoms with Crippen molar-refractivity contribution in [3.63, 3.8) is 0 Å². The van der Waals surface area contributed by atoms with Gasteiger partial charge in [-0.2, -0.15) is 0 Å². The quantitative estimate of drug-likeness (QED) is 0.334. The number of hydrogen-bond donors (Lipinski definition) is 3. The first-order chi connectivity index (χ1) is 9.30. The third kappa shape index (κ3) is 5.67. The fourth-order valence-corrected chi connectivity index (χ4v) is 2.31. The lowest BCUT2D eigenvalue weighted by atomic mass is 10.2. The Kier molecular flexibility index (Phi) is 5.47. The Labute approximate surface area is 116 Å². The van der Waals surface area contributed by atoms with Gasteiger partial charge in [-0.25, -0.2) is 8.42 Å². The molecule has 1 aromatic carbocycles. The van der Waals surface area contributed by atoms with E-state index in [1.54, 1.807) is 24.3 Å². The van der Waals surface area contributed by atoms with Crippen LogP contribution in [0.15, 0.2) is 34.7 Å². The zero-order chi connectivity index (χ0) is 15.2. The minimum Gasteiger partial charge on any atom is -0.460 e. The predicted molar refractivity (Wildman–Crippen MR) is 73.8 cm³/mol. The summed E-state index contributed by atoms with van der Waals surface area (Å²) in [6.07, 6.45) is 0. The van der Waals surface area contributed by atoms with Crippen molar-refractivity contribution in [3.05, 3.63) is 35.9 Å². The molecule has 8 nitrogen and oxygen atoms in total. The molecule has 0 amide bonds. The lowest BCUT2D eigenvalue weighted by molar-refractivity contribution is -0.145. The first-order valence-corrected chi connectivity index (χ1v) is 7.21. The lowest BCUT2D eigenvalue weighted by Crippen LogP contribution is -2.39. The van der Waals surface area contributed by atoms with Gasteiger partial charge in [0.1, 0.15) is 12.6 Å². The average molecular weight is 300 g/mol. The average Bonchev–Trinajstić information content (AvgIpc) is 2.34. The standard InChI is InChI=1S/C11H16N4O4S/c12-9(7-20(17,18)15-11(13)14)10(16)19-6-8-4-2-1-3-5-8/h1-5,9H,6-7,12H2,(H4,13,14,15)/t9-/m0/s1. The number of nitrogens with two attached hydrogens (primary N) is 3. The zero-order valence-electron chi connectivity index (χ0n) is 10.6. The second-order valence-electron chi connectivity index (χ2n) is 3.96. The Morgan fingerprint density at radius 2 is 1.85 bits per heavy atom. The minimum absolute atomic E-state index is 0.00964. The number of nitrogens with zero attached hydrogens (tertiary/aromatic N) is 1. The van der Waals surface area contributed by atoms with E-state index in [1.807, 2.05) is 6.07 Å². The summed E-state index contributed by atoms with van der Waals surface area (Å²) in [4.78, 5) is 11.6. The van der Waals surface area contributed by atoms with Crippen LogP contribution in [-0.2, 0) is 26.2 Å². The van der Waals surface area contributed by atoms with Gasteiger partial charge in [0.2, 0.25) is 5.96 Å². The molecule has 0 aromatic heterocycles. The molecule has 0 spiro atoms. The van der Waals surface area contributed by atoms with Gasteiger partial charge in [-0.05, 0) is 5.56 Å². The summed E-state index contributed by atoms with van der Waals surface area (Å²) in [6.45, 7) is 0.00964. The Morgan fingerprint density at radius 3 is 2.40 bits per heavy atom. The second kappa shape index (κ2) is 6.87. The van der Waals surface area contributed by atoms with E-state index in [1.165, 1.54) is 0 Å². The van der Waals surface area contributed by atoms with Crippen molar-refractivity contribution in [1.29, 1.82) is 0 Å². The van der Waals surface area contributed by atoms with E-state index in [9.17, 15) is 13.2 Å². The number of benzene rings is 1. The molecule has 0 radical (unpaired) electrons. The summed E-state index contributed by atoms with van der Waals surface area (Å²) in [6, 6.07) is 7.55. The van der Waals surface area contributed by atoms with Crippen LogP contribution in [0.25, 0.3) is 0 Å². The Balaban J connectivity index is 2.54. The number of guanidine groups is 1. The van der Waals surface area contributed by atoms with Gasteiger partial charge >= 0.3 is 5.97 Å². The van der Waals surface area contributed by atoms with E-state index in [2.05, 4.69) is 4.40 Å². The molecule has 110 valence electrons. The first kappa shape index (κ1) is 15.9. The molecule has 0 saturated heterocycles. The lowest BCUT2D eigenvalue weighted by Gasteiger charge is -2.10. The number of carbonyl (C=O) groups is 1. The summed E-state index contributed by atoms with van der Waals surface area (Å²) < 4.78 is 30.7. The van der Waals surface area contributed by atoms with Crippen LogP contribution in [0.4, 0.5) is 0 Å². The monoisotopic (exact) mass is 300 g/mol. The molecule has 0 saturated carbocycles. The molecule has 0 fully saturated rings. The van der Waals surface area contributed by atoms with Crippen LogP contribution in [0.5, 0.6) is 0 Å². The smallest absolute Gasteiger partial charge is 0.324 e. The van der Waals surface area contributed by atoms with Crippen molar-refractivity contribution >= 4 is 22.0 Å². The van der Waals surface area contributed by atoms with E-state index in [0.717, 1.165) is 5.56 Å². The van der Waals surface area contributed by atoms with Gasteiger partial charge in [0.05, 0.1) is 5.75 Å². The van der Waals surface area contributed by atoms with Crippen molar-refractivity contribution in [2.75, 3.05) is 5.75 Å². The maximum Gasteiger partial charge on any atom is 0.324 e. The molecule has 0 aliphatic rings. The minimum atomic E-state index is -4.00. The van der Waals surface area contributed by atoms with E-state index in [0.29, 0.717) is 0 Å². The molecule has 9 heteroatoms. The summed E-state index contributed by atoms with van der Waals surface area (Å²) in [7, 11) is -4.00. The predicted octanol–water partition coefficient (Wildman–Crippen LogP) is -1.34. The number of ether oxygens (including phenoxy) is 1. The zero-order valence-corrected chi connectivity index (χ0v) is 11.4. The Morgan fingerprint density at radius 1 is 1.25 bits per heavy atom. The molecule has 1 aromatic rings. The largest absolute Gasteiger partial charge is 0.460 e. The van der Waals surface area contributed by atoms with Crippen molar-refractivity contribution in [3.8, 4) is 0 Å². The highest BCUT2D eigenvalue weighted by Crippen LogP contribution is 2.03. The molecule has 0 heterocycles. The van der Waals surface area contributed by atoms with Gasteiger partial charge in [0, 0.05) is 0 Å². The van der Waals surface area contributed by atoms with Crippen LogP contribution < -0.4 is 17.2 Å². The van der Waals surface area contributed by atoms with E-state index >= 15 is 0 Å². The molecule has 6 N–H and O–H groups in total. The maximum absolute atomic E-state index is 11.6. The van der Waals surface area contributed by atoms with Crippen LogP contribution in [0, 0.1) is 0 Å². The number of hydrogen-bond acceptors (Lipinski definition) is 5. The molecular formula is C11H16N4O4S. The van der Waals surface area contributed by atoms with Gasteiger partial charge in [-0.3, -0.25) is 4.79 Å². The van der Waals surface area contributed by atoms with Crippen LogP contribution in [-0.4, -0.2) is 32.1 Å². The molecule has 1 atom stereocenters. The van der Waals surface area contributed by atoms with E-state index < -0.39 is 33.7 Å². The topological polar surface area (TPSA) is 151 Å². The van der Waals surface area contributed by atoms with E-state index in [-0.39, 0.29) is 6.61 Å². The number of carbonyl (C=O) groups excluding carboxylic acids is 1. The highest BCUT2D eigenvalue weighted by molar-refractivity contribution is 7.90. The molecule has 0 bridgehead atoms. The highest BCUT2D eigenvalue weighted by Gasteiger charge is 2.23. The summed E-state index contributed by atoms with van der Waals surface area (Å²) in [5, 5.41) is 0. The van der Waals surface area contributed by atoms with Crippen molar-refractivity contribution in [2.45, 2.75) is 12.6 Å². The molecule has 20 heavy (non-hydrogen) atoms. The molecular weight excluding hydrogens is 284 g/mol. The second-order valence-corrected chi connectivity index (χ2v) is 5.64. The first-order valence-electron chi connectivity index (χ1n) is 5.60. The Bertz CT molecular complexity index is 582. The normalized spacial score (nSPS) is 12.4. The number of rotatable bonds is 6. The fourth-order valence-electron chi connectivity index (χ4n) is 1.33.